The van der Waals surface area contributed by atoms with Gasteiger partial charge in [0.25, 0.3) is 0 Å². The molecule has 1 unspecified atom stereocenters. The third kappa shape index (κ3) is 5.27. The number of fused-ring (bicyclic) bond motifs is 1. The average molecular weight is 414 g/mol. The number of aryl methyl sites for hydroxylation is 1. The van der Waals surface area contributed by atoms with E-state index in [1.165, 1.54) is 94.4 Å². The van der Waals surface area contributed by atoms with Crippen LogP contribution in [0.1, 0.15) is 89.3 Å². The van der Waals surface area contributed by atoms with Gasteiger partial charge in [-0.2, -0.15) is 4.98 Å². The Balaban J connectivity index is 1.45. The highest BCUT2D eigenvalue weighted by Crippen LogP contribution is 2.31. The first-order chi connectivity index (χ1) is 14.8. The molecule has 168 valence electrons. The summed E-state index contributed by atoms with van der Waals surface area (Å²) in [5, 5.41) is 3.69. The summed E-state index contributed by atoms with van der Waals surface area (Å²) < 4.78 is 0. The third-order valence-electron chi connectivity index (χ3n) is 7.71. The third-order valence-corrected chi connectivity index (χ3v) is 7.71. The fourth-order valence-corrected chi connectivity index (χ4v) is 5.65. The van der Waals surface area contributed by atoms with Gasteiger partial charge in [0.05, 0.1) is 5.69 Å². The molecule has 4 rings (SSSR count). The second-order valence-electron chi connectivity index (χ2n) is 9.76. The molecule has 3 heterocycles. The van der Waals surface area contributed by atoms with E-state index in [2.05, 4.69) is 29.0 Å². The summed E-state index contributed by atoms with van der Waals surface area (Å²) in [7, 11) is 0. The second kappa shape index (κ2) is 10.8. The SMILES string of the molecule is CCC(CC)CN1CCCCC1CNc1nc2c(c(N3CCCCCC3)n1)CCC2. The number of hydrogen-bond acceptors (Lipinski definition) is 5. The minimum Gasteiger partial charge on any atom is -0.356 e. The molecule has 2 aliphatic heterocycles. The molecular weight excluding hydrogens is 370 g/mol. The van der Waals surface area contributed by atoms with Crippen LogP contribution in [0, 0.1) is 5.92 Å². The lowest BCUT2D eigenvalue weighted by atomic mass is 9.97. The van der Waals surface area contributed by atoms with Crippen LogP contribution in [0.4, 0.5) is 11.8 Å². The van der Waals surface area contributed by atoms with Crippen LogP contribution in [0.15, 0.2) is 0 Å². The molecule has 0 saturated carbocycles. The minimum absolute atomic E-state index is 0.623. The zero-order valence-corrected chi connectivity index (χ0v) is 19.5. The van der Waals surface area contributed by atoms with Crippen molar-refractivity contribution in [2.24, 2.45) is 5.92 Å². The normalized spacial score (nSPS) is 22.9. The maximum absolute atomic E-state index is 5.10. The summed E-state index contributed by atoms with van der Waals surface area (Å²) in [5.41, 5.74) is 2.75. The van der Waals surface area contributed by atoms with Crippen LogP contribution in [-0.2, 0) is 12.8 Å². The Morgan fingerprint density at radius 3 is 2.43 bits per heavy atom. The van der Waals surface area contributed by atoms with E-state index in [1.54, 1.807) is 0 Å². The first-order valence-electron chi connectivity index (χ1n) is 12.9. The Kier molecular flexibility index (Phi) is 7.86. The smallest absolute Gasteiger partial charge is 0.224 e. The van der Waals surface area contributed by atoms with Gasteiger partial charge < -0.3 is 10.2 Å². The fourth-order valence-electron chi connectivity index (χ4n) is 5.65. The van der Waals surface area contributed by atoms with Crippen molar-refractivity contribution in [2.45, 2.75) is 96.9 Å². The van der Waals surface area contributed by atoms with Crippen molar-refractivity contribution in [3.8, 4) is 0 Å². The molecule has 1 aliphatic carbocycles. The molecule has 1 N–H and O–H groups in total. The molecule has 3 aliphatic rings. The number of aromatic nitrogens is 2. The first kappa shape index (κ1) is 21.9. The molecule has 0 amide bonds. The molecular formula is C25H43N5. The van der Waals surface area contributed by atoms with Crippen molar-refractivity contribution in [1.29, 1.82) is 0 Å². The number of rotatable bonds is 8. The van der Waals surface area contributed by atoms with Crippen molar-refractivity contribution in [2.75, 3.05) is 42.9 Å². The number of hydrogen-bond donors (Lipinski definition) is 1. The van der Waals surface area contributed by atoms with Crippen molar-refractivity contribution in [1.82, 2.24) is 14.9 Å². The van der Waals surface area contributed by atoms with E-state index in [0.29, 0.717) is 6.04 Å². The van der Waals surface area contributed by atoms with Gasteiger partial charge in [0.15, 0.2) is 0 Å². The molecule has 0 aromatic carbocycles. The summed E-state index contributed by atoms with van der Waals surface area (Å²) in [6, 6.07) is 0.623. The number of anilines is 2. The fraction of sp³-hybridized carbons (Fsp3) is 0.840. The van der Waals surface area contributed by atoms with Gasteiger partial charge in [0, 0.05) is 37.8 Å². The van der Waals surface area contributed by atoms with Gasteiger partial charge in [0.2, 0.25) is 5.95 Å². The summed E-state index contributed by atoms with van der Waals surface area (Å²) in [5.74, 6) is 2.96. The van der Waals surface area contributed by atoms with E-state index >= 15 is 0 Å². The molecule has 2 saturated heterocycles. The van der Waals surface area contributed by atoms with E-state index < -0.39 is 0 Å². The zero-order valence-electron chi connectivity index (χ0n) is 19.5. The topological polar surface area (TPSA) is 44.3 Å². The lowest BCUT2D eigenvalue weighted by Gasteiger charge is -2.38. The molecule has 5 nitrogen and oxygen atoms in total. The van der Waals surface area contributed by atoms with Gasteiger partial charge in [-0.25, -0.2) is 4.98 Å². The summed E-state index contributed by atoms with van der Waals surface area (Å²) in [6.45, 7) is 10.5. The van der Waals surface area contributed by atoms with Gasteiger partial charge in [0.1, 0.15) is 5.82 Å². The maximum Gasteiger partial charge on any atom is 0.224 e. The summed E-state index contributed by atoms with van der Waals surface area (Å²) in [4.78, 5) is 15.4. The number of likely N-dealkylation sites (tertiary alicyclic amines) is 1. The van der Waals surface area contributed by atoms with Crippen LogP contribution in [0.25, 0.3) is 0 Å². The van der Waals surface area contributed by atoms with E-state index in [1.807, 2.05) is 0 Å². The number of nitrogens with zero attached hydrogens (tertiary/aromatic N) is 4. The van der Waals surface area contributed by atoms with Crippen molar-refractivity contribution in [3.63, 3.8) is 0 Å². The highest BCUT2D eigenvalue weighted by molar-refractivity contribution is 5.54. The molecule has 1 aromatic heterocycles. The highest BCUT2D eigenvalue weighted by Gasteiger charge is 2.26. The molecule has 1 aromatic rings. The van der Waals surface area contributed by atoms with Gasteiger partial charge in [-0.05, 0) is 57.4 Å². The summed E-state index contributed by atoms with van der Waals surface area (Å²) in [6.07, 6.45) is 15.4. The van der Waals surface area contributed by atoms with Crippen molar-refractivity contribution >= 4 is 11.8 Å². The van der Waals surface area contributed by atoms with Gasteiger partial charge in [-0.3, -0.25) is 4.90 Å². The minimum atomic E-state index is 0.623. The van der Waals surface area contributed by atoms with Crippen LogP contribution in [0.2, 0.25) is 0 Å². The predicted molar refractivity (Wildman–Crippen MR) is 127 cm³/mol. The maximum atomic E-state index is 5.10. The van der Waals surface area contributed by atoms with E-state index in [0.717, 1.165) is 44.3 Å². The standard InChI is InChI=1S/C25H43N5/c1-3-20(4-2)19-30-17-10-7-12-21(30)18-26-25-27-23-14-11-13-22(23)24(28-25)29-15-8-5-6-9-16-29/h20-21H,3-19H2,1-2H3,(H,26,27,28). The van der Waals surface area contributed by atoms with E-state index in [4.69, 9.17) is 9.97 Å². The quantitative estimate of drug-likeness (QED) is 0.646. The lowest BCUT2D eigenvalue weighted by Crippen LogP contribution is -2.45. The van der Waals surface area contributed by atoms with Crippen LogP contribution in [-0.4, -0.2) is 53.6 Å². The van der Waals surface area contributed by atoms with E-state index in [9.17, 15) is 0 Å². The monoisotopic (exact) mass is 413 g/mol. The molecule has 0 radical (unpaired) electrons. The Labute approximate surface area is 184 Å². The summed E-state index contributed by atoms with van der Waals surface area (Å²) >= 11 is 0. The molecule has 30 heavy (non-hydrogen) atoms. The molecule has 1 atom stereocenters. The average Bonchev–Trinajstić information content (AvgIpc) is 3.09. The molecule has 5 heteroatoms. The second-order valence-corrected chi connectivity index (χ2v) is 9.76. The van der Waals surface area contributed by atoms with Gasteiger partial charge >= 0.3 is 0 Å². The Morgan fingerprint density at radius 2 is 1.67 bits per heavy atom. The molecule has 0 spiro atoms. The Morgan fingerprint density at radius 1 is 0.900 bits per heavy atom. The molecule has 0 bridgehead atoms. The van der Waals surface area contributed by atoms with Crippen LogP contribution >= 0.6 is 0 Å². The van der Waals surface area contributed by atoms with Gasteiger partial charge in [-0.1, -0.05) is 46.0 Å². The van der Waals surface area contributed by atoms with Crippen LogP contribution < -0.4 is 10.2 Å². The first-order valence-corrected chi connectivity index (χ1v) is 12.9. The van der Waals surface area contributed by atoms with Crippen LogP contribution in [0.5, 0.6) is 0 Å². The van der Waals surface area contributed by atoms with E-state index in [-0.39, 0.29) is 0 Å². The highest BCUT2D eigenvalue weighted by atomic mass is 15.2. The van der Waals surface area contributed by atoms with Crippen molar-refractivity contribution in [3.05, 3.63) is 11.3 Å². The number of nitrogens with one attached hydrogen (secondary N) is 1. The number of piperidine rings is 1. The zero-order chi connectivity index (χ0) is 20.8. The van der Waals surface area contributed by atoms with Crippen molar-refractivity contribution < 1.29 is 0 Å². The predicted octanol–water partition coefficient (Wildman–Crippen LogP) is 5.05. The Bertz CT molecular complexity index is 664. The largest absolute Gasteiger partial charge is 0.356 e. The van der Waals surface area contributed by atoms with Gasteiger partial charge in [-0.15, -0.1) is 0 Å². The lowest BCUT2D eigenvalue weighted by molar-refractivity contribution is 0.129. The molecule has 2 fully saturated rings. The Hall–Kier alpha value is -1.36. The van der Waals surface area contributed by atoms with Crippen LogP contribution in [0.3, 0.4) is 0 Å².